The van der Waals surface area contributed by atoms with Crippen molar-refractivity contribution in [2.45, 2.75) is 39.0 Å². The maximum absolute atomic E-state index is 12.3. The van der Waals surface area contributed by atoms with Crippen molar-refractivity contribution in [3.05, 3.63) is 64.7 Å². The van der Waals surface area contributed by atoms with Crippen LogP contribution >= 0.6 is 0 Å². The van der Waals surface area contributed by atoms with Gasteiger partial charge in [-0.05, 0) is 72.7 Å². The number of ether oxygens (including phenoxy) is 1. The zero-order chi connectivity index (χ0) is 16.9. The number of nitrogens with zero attached hydrogens (tertiary/aromatic N) is 1. The fraction of sp³-hybridized carbons (Fsp3) is 0.333. The normalized spacial score (nSPS) is 16.1. The van der Waals surface area contributed by atoms with Gasteiger partial charge in [-0.2, -0.15) is 5.26 Å². The van der Waals surface area contributed by atoms with Crippen molar-refractivity contribution in [2.75, 3.05) is 0 Å². The van der Waals surface area contributed by atoms with Crippen molar-refractivity contribution in [3.63, 3.8) is 0 Å². The summed E-state index contributed by atoms with van der Waals surface area (Å²) in [5, 5.41) is 8.80. The van der Waals surface area contributed by atoms with Gasteiger partial charge < -0.3 is 4.74 Å². The molecule has 122 valence electrons. The van der Waals surface area contributed by atoms with Gasteiger partial charge in [0.05, 0.1) is 17.2 Å². The van der Waals surface area contributed by atoms with Crippen LogP contribution in [0.5, 0.6) is 5.75 Å². The van der Waals surface area contributed by atoms with Crippen molar-refractivity contribution < 1.29 is 9.53 Å². The summed E-state index contributed by atoms with van der Waals surface area (Å²) in [5.41, 5.74) is 3.78. The Kier molecular flexibility index (Phi) is 4.96. The van der Waals surface area contributed by atoms with E-state index in [1.807, 2.05) is 18.2 Å². The lowest BCUT2D eigenvalue weighted by Crippen LogP contribution is -2.16. The van der Waals surface area contributed by atoms with E-state index in [9.17, 15) is 4.79 Å². The molecule has 24 heavy (non-hydrogen) atoms. The Morgan fingerprint density at radius 2 is 2.00 bits per heavy atom. The molecule has 3 rings (SSSR count). The molecule has 2 aromatic carbocycles. The van der Waals surface area contributed by atoms with Gasteiger partial charge in [-0.1, -0.05) is 25.8 Å². The van der Waals surface area contributed by atoms with Crippen LogP contribution in [-0.4, -0.2) is 5.97 Å². The first-order chi connectivity index (χ1) is 11.7. The highest BCUT2D eigenvalue weighted by molar-refractivity contribution is 5.91. The number of rotatable bonds is 4. The zero-order valence-electron chi connectivity index (χ0n) is 13.9. The number of benzene rings is 2. The van der Waals surface area contributed by atoms with Crippen LogP contribution in [0.25, 0.3) is 0 Å². The lowest BCUT2D eigenvalue weighted by Gasteiger charge is -2.24. The van der Waals surface area contributed by atoms with Gasteiger partial charge in [0.2, 0.25) is 0 Å². The summed E-state index contributed by atoms with van der Waals surface area (Å²) in [6, 6.07) is 14.5. The van der Waals surface area contributed by atoms with Crippen molar-refractivity contribution >= 4 is 5.97 Å². The maximum Gasteiger partial charge on any atom is 0.343 e. The van der Waals surface area contributed by atoms with E-state index in [1.54, 1.807) is 24.3 Å². The van der Waals surface area contributed by atoms with Crippen molar-refractivity contribution in [1.29, 1.82) is 5.26 Å². The molecule has 0 saturated heterocycles. The minimum absolute atomic E-state index is 0.349. The second-order valence-electron chi connectivity index (χ2n) is 6.41. The molecule has 2 aromatic rings. The maximum atomic E-state index is 12.3. The first-order valence-corrected chi connectivity index (χ1v) is 8.53. The van der Waals surface area contributed by atoms with E-state index in [4.69, 9.17) is 10.00 Å². The molecule has 0 saturated carbocycles. The van der Waals surface area contributed by atoms with Crippen LogP contribution in [0.4, 0.5) is 0 Å². The van der Waals surface area contributed by atoms with Crippen LogP contribution in [0, 0.1) is 17.2 Å². The van der Waals surface area contributed by atoms with E-state index in [0.29, 0.717) is 16.9 Å². The van der Waals surface area contributed by atoms with Gasteiger partial charge >= 0.3 is 5.97 Å². The number of fused-ring (bicyclic) bond motifs is 1. The molecule has 1 atom stereocenters. The minimum atomic E-state index is -0.349. The summed E-state index contributed by atoms with van der Waals surface area (Å²) >= 11 is 0. The highest BCUT2D eigenvalue weighted by atomic mass is 16.5. The van der Waals surface area contributed by atoms with E-state index in [0.717, 1.165) is 18.8 Å². The zero-order valence-corrected chi connectivity index (χ0v) is 13.9. The summed E-state index contributed by atoms with van der Waals surface area (Å²) in [5.74, 6) is 0.886. The highest BCUT2D eigenvalue weighted by Gasteiger charge is 2.19. The number of esters is 1. The fourth-order valence-electron chi connectivity index (χ4n) is 3.38. The summed E-state index contributed by atoms with van der Waals surface area (Å²) in [6.07, 6.45) is 5.87. The van der Waals surface area contributed by atoms with Gasteiger partial charge in [0.15, 0.2) is 0 Å². The van der Waals surface area contributed by atoms with Crippen LogP contribution in [-0.2, 0) is 12.8 Å². The van der Waals surface area contributed by atoms with E-state index >= 15 is 0 Å². The van der Waals surface area contributed by atoms with Crippen molar-refractivity contribution in [2.24, 2.45) is 5.92 Å². The van der Waals surface area contributed by atoms with Crippen LogP contribution in [0.15, 0.2) is 42.5 Å². The van der Waals surface area contributed by atoms with Gasteiger partial charge in [-0.25, -0.2) is 4.79 Å². The molecular formula is C21H21NO2. The van der Waals surface area contributed by atoms with E-state index in [2.05, 4.69) is 13.0 Å². The smallest absolute Gasteiger partial charge is 0.343 e. The molecular weight excluding hydrogens is 298 g/mol. The summed E-state index contributed by atoms with van der Waals surface area (Å²) in [6.45, 7) is 2.23. The topological polar surface area (TPSA) is 50.1 Å². The summed E-state index contributed by atoms with van der Waals surface area (Å²) < 4.78 is 5.40. The number of hydrogen-bond donors (Lipinski definition) is 0. The molecule has 0 amide bonds. The molecule has 0 aliphatic heterocycles. The monoisotopic (exact) mass is 319 g/mol. The molecule has 1 unspecified atom stereocenters. The second-order valence-corrected chi connectivity index (χ2v) is 6.41. The first-order valence-electron chi connectivity index (χ1n) is 8.53. The SMILES string of the molecule is CCCC1CCc2cc(C(=O)Oc3ccc(C#N)cc3)ccc2C1. The predicted molar refractivity (Wildman–Crippen MR) is 93.0 cm³/mol. The third kappa shape index (κ3) is 3.65. The number of carbonyl (C=O) groups excluding carboxylic acids is 1. The Hall–Kier alpha value is -2.60. The number of carbonyl (C=O) groups is 1. The molecule has 0 fully saturated rings. The number of nitriles is 1. The number of aryl methyl sites for hydroxylation is 1. The molecule has 1 aliphatic rings. The van der Waals surface area contributed by atoms with Gasteiger partial charge in [0, 0.05) is 0 Å². The van der Waals surface area contributed by atoms with Gasteiger partial charge in [-0.3, -0.25) is 0 Å². The van der Waals surface area contributed by atoms with Crippen LogP contribution in [0.2, 0.25) is 0 Å². The predicted octanol–water partition coefficient (Wildman–Crippen LogP) is 4.68. The summed E-state index contributed by atoms with van der Waals surface area (Å²) in [4.78, 5) is 12.3. The minimum Gasteiger partial charge on any atom is -0.423 e. The Morgan fingerprint density at radius 1 is 1.21 bits per heavy atom. The van der Waals surface area contributed by atoms with Gasteiger partial charge in [0.25, 0.3) is 0 Å². The van der Waals surface area contributed by atoms with E-state index < -0.39 is 0 Å². The fourth-order valence-corrected chi connectivity index (χ4v) is 3.38. The van der Waals surface area contributed by atoms with Crippen molar-refractivity contribution in [3.8, 4) is 11.8 Å². The molecule has 0 bridgehead atoms. The third-order valence-corrected chi connectivity index (χ3v) is 4.66. The van der Waals surface area contributed by atoms with Crippen LogP contribution < -0.4 is 4.74 Å². The van der Waals surface area contributed by atoms with Crippen molar-refractivity contribution in [1.82, 2.24) is 0 Å². The molecule has 3 nitrogen and oxygen atoms in total. The van der Waals surface area contributed by atoms with Crippen LogP contribution in [0.3, 0.4) is 0 Å². The number of hydrogen-bond acceptors (Lipinski definition) is 3. The van der Waals surface area contributed by atoms with E-state index in [1.165, 1.54) is 30.4 Å². The Morgan fingerprint density at radius 3 is 2.71 bits per heavy atom. The summed E-state index contributed by atoms with van der Waals surface area (Å²) in [7, 11) is 0. The first kappa shape index (κ1) is 16.3. The van der Waals surface area contributed by atoms with Crippen LogP contribution in [0.1, 0.15) is 53.2 Å². The average molecular weight is 319 g/mol. The molecule has 0 radical (unpaired) electrons. The Labute approximate surface area is 142 Å². The molecule has 0 heterocycles. The highest BCUT2D eigenvalue weighted by Crippen LogP contribution is 2.29. The van der Waals surface area contributed by atoms with Gasteiger partial charge in [0.1, 0.15) is 5.75 Å². The largest absolute Gasteiger partial charge is 0.423 e. The molecule has 0 spiro atoms. The van der Waals surface area contributed by atoms with E-state index in [-0.39, 0.29) is 5.97 Å². The molecule has 0 N–H and O–H groups in total. The third-order valence-electron chi connectivity index (χ3n) is 4.66. The lowest BCUT2D eigenvalue weighted by atomic mass is 9.81. The standard InChI is InChI=1S/C21H21NO2/c1-2-3-15-4-7-18-13-19(9-8-17(18)12-15)21(23)24-20-10-5-16(14-22)6-11-20/h5-6,8-11,13,15H,2-4,7,12H2,1H3. The molecule has 3 heteroatoms. The molecule has 1 aliphatic carbocycles. The molecule has 0 aromatic heterocycles. The van der Waals surface area contributed by atoms with Gasteiger partial charge in [-0.15, -0.1) is 0 Å². The Bertz CT molecular complexity index is 771. The Balaban J connectivity index is 1.71. The second kappa shape index (κ2) is 7.31. The lowest BCUT2D eigenvalue weighted by molar-refractivity contribution is 0.0734. The average Bonchev–Trinajstić information content (AvgIpc) is 2.62. The quantitative estimate of drug-likeness (QED) is 0.607.